The first-order chi connectivity index (χ1) is 11.1. The monoisotopic (exact) mass is 330 g/mol. The SMILES string of the molecule is Cc1ccsc1CN(C)C(=O)CN(C)c1ncnc2nc[nH]c12. The quantitative estimate of drug-likeness (QED) is 0.772. The first-order valence-corrected chi connectivity index (χ1v) is 8.06. The van der Waals surface area contributed by atoms with Gasteiger partial charge in [0.2, 0.25) is 5.91 Å². The summed E-state index contributed by atoms with van der Waals surface area (Å²) >= 11 is 1.67. The lowest BCUT2D eigenvalue weighted by atomic mass is 10.3. The van der Waals surface area contributed by atoms with Crippen molar-refractivity contribution in [3.05, 3.63) is 34.5 Å². The molecule has 0 aliphatic heterocycles. The molecule has 23 heavy (non-hydrogen) atoms. The van der Waals surface area contributed by atoms with Gasteiger partial charge in [-0.2, -0.15) is 0 Å². The molecule has 0 aliphatic rings. The number of fused-ring (bicyclic) bond motifs is 1. The molecular weight excluding hydrogens is 312 g/mol. The molecule has 0 bridgehead atoms. The summed E-state index contributed by atoms with van der Waals surface area (Å²) in [5.41, 5.74) is 2.55. The molecule has 0 radical (unpaired) electrons. The average Bonchev–Trinajstić information content (AvgIpc) is 3.16. The topological polar surface area (TPSA) is 78.0 Å². The normalized spacial score (nSPS) is 10.9. The number of nitrogens with zero attached hydrogens (tertiary/aromatic N) is 5. The van der Waals surface area contributed by atoms with E-state index in [1.165, 1.54) is 16.8 Å². The highest BCUT2D eigenvalue weighted by Gasteiger charge is 2.17. The van der Waals surface area contributed by atoms with Crippen molar-refractivity contribution in [1.82, 2.24) is 24.8 Å². The van der Waals surface area contributed by atoms with Crippen LogP contribution in [0.2, 0.25) is 0 Å². The Morgan fingerprint density at radius 3 is 2.87 bits per heavy atom. The van der Waals surface area contributed by atoms with E-state index < -0.39 is 0 Å². The zero-order valence-corrected chi connectivity index (χ0v) is 14.1. The number of imidazole rings is 1. The predicted octanol–water partition coefficient (Wildman–Crippen LogP) is 1.82. The number of nitrogens with one attached hydrogen (secondary N) is 1. The molecule has 3 heterocycles. The minimum absolute atomic E-state index is 0.0339. The van der Waals surface area contributed by atoms with E-state index in [1.54, 1.807) is 22.6 Å². The number of carbonyl (C=O) groups excluding carboxylic acids is 1. The van der Waals surface area contributed by atoms with Crippen molar-refractivity contribution in [3.8, 4) is 0 Å². The Kier molecular flexibility index (Phi) is 4.24. The molecule has 1 amide bonds. The molecule has 0 fully saturated rings. The Balaban J connectivity index is 1.69. The lowest BCUT2D eigenvalue weighted by molar-refractivity contribution is -0.128. The third-order valence-electron chi connectivity index (χ3n) is 3.71. The number of aryl methyl sites for hydroxylation is 1. The van der Waals surface area contributed by atoms with Crippen molar-refractivity contribution in [2.45, 2.75) is 13.5 Å². The number of thiophene rings is 1. The molecule has 7 nitrogen and oxygen atoms in total. The number of H-pyrrole nitrogens is 1. The van der Waals surface area contributed by atoms with Crippen LogP contribution in [0.5, 0.6) is 0 Å². The van der Waals surface area contributed by atoms with E-state index in [0.29, 0.717) is 18.0 Å². The molecule has 0 spiro atoms. The molecule has 3 rings (SSSR count). The number of aromatic amines is 1. The summed E-state index contributed by atoms with van der Waals surface area (Å²) in [4.78, 5) is 32.7. The number of aromatic nitrogens is 4. The van der Waals surface area contributed by atoms with Crippen LogP contribution in [0.25, 0.3) is 11.2 Å². The minimum Gasteiger partial charge on any atom is -0.348 e. The first kappa shape index (κ1) is 15.4. The summed E-state index contributed by atoms with van der Waals surface area (Å²) in [5, 5.41) is 2.05. The third-order valence-corrected chi connectivity index (χ3v) is 4.72. The van der Waals surface area contributed by atoms with Gasteiger partial charge in [0.05, 0.1) is 19.4 Å². The van der Waals surface area contributed by atoms with Crippen molar-refractivity contribution < 1.29 is 4.79 Å². The lowest BCUT2D eigenvalue weighted by Crippen LogP contribution is -2.36. The molecular formula is C15H18N6OS. The number of amides is 1. The van der Waals surface area contributed by atoms with Crippen LogP contribution in [0.1, 0.15) is 10.4 Å². The maximum atomic E-state index is 12.5. The van der Waals surface area contributed by atoms with Crippen LogP contribution in [-0.2, 0) is 11.3 Å². The fourth-order valence-corrected chi connectivity index (χ4v) is 3.27. The van der Waals surface area contributed by atoms with E-state index >= 15 is 0 Å². The first-order valence-electron chi connectivity index (χ1n) is 7.18. The maximum absolute atomic E-state index is 12.5. The molecule has 0 unspecified atom stereocenters. The number of rotatable bonds is 5. The number of hydrogen-bond donors (Lipinski definition) is 1. The van der Waals surface area contributed by atoms with Crippen LogP contribution in [0.15, 0.2) is 24.1 Å². The lowest BCUT2D eigenvalue weighted by Gasteiger charge is -2.22. The molecule has 3 aromatic rings. The van der Waals surface area contributed by atoms with E-state index in [-0.39, 0.29) is 12.5 Å². The summed E-state index contributed by atoms with van der Waals surface area (Å²) in [5.74, 6) is 0.702. The number of likely N-dealkylation sites (N-methyl/N-ethyl adjacent to an activating group) is 2. The van der Waals surface area contributed by atoms with Crippen molar-refractivity contribution in [1.29, 1.82) is 0 Å². The number of hydrogen-bond acceptors (Lipinski definition) is 6. The van der Waals surface area contributed by atoms with Gasteiger partial charge in [0.1, 0.15) is 11.8 Å². The fourth-order valence-electron chi connectivity index (χ4n) is 2.31. The van der Waals surface area contributed by atoms with Crippen LogP contribution in [0.3, 0.4) is 0 Å². The maximum Gasteiger partial charge on any atom is 0.242 e. The molecule has 0 atom stereocenters. The Morgan fingerprint density at radius 2 is 2.13 bits per heavy atom. The van der Waals surface area contributed by atoms with Gasteiger partial charge in [-0.25, -0.2) is 15.0 Å². The van der Waals surface area contributed by atoms with E-state index in [0.717, 1.165) is 5.52 Å². The van der Waals surface area contributed by atoms with E-state index in [1.807, 2.05) is 24.4 Å². The Labute approximate surface area is 138 Å². The Morgan fingerprint density at radius 1 is 1.30 bits per heavy atom. The minimum atomic E-state index is 0.0339. The zero-order chi connectivity index (χ0) is 16.4. The van der Waals surface area contributed by atoms with Gasteiger partial charge in [0.25, 0.3) is 0 Å². The summed E-state index contributed by atoms with van der Waals surface area (Å²) in [7, 11) is 3.66. The van der Waals surface area contributed by atoms with Gasteiger partial charge < -0.3 is 14.8 Å². The predicted molar refractivity (Wildman–Crippen MR) is 90.5 cm³/mol. The van der Waals surface area contributed by atoms with Gasteiger partial charge in [-0.15, -0.1) is 11.3 Å². The second-order valence-electron chi connectivity index (χ2n) is 5.43. The van der Waals surface area contributed by atoms with Crippen LogP contribution in [0, 0.1) is 6.92 Å². The van der Waals surface area contributed by atoms with Crippen molar-refractivity contribution in [2.24, 2.45) is 0 Å². The Bertz CT molecular complexity index is 826. The van der Waals surface area contributed by atoms with Gasteiger partial charge in [0, 0.05) is 19.0 Å². The highest BCUT2D eigenvalue weighted by Crippen LogP contribution is 2.19. The van der Waals surface area contributed by atoms with Crippen molar-refractivity contribution in [2.75, 3.05) is 25.5 Å². The second kappa shape index (κ2) is 6.33. The molecule has 0 saturated heterocycles. The van der Waals surface area contributed by atoms with Crippen LogP contribution in [0.4, 0.5) is 5.82 Å². The van der Waals surface area contributed by atoms with Gasteiger partial charge >= 0.3 is 0 Å². The molecule has 0 aliphatic carbocycles. The van der Waals surface area contributed by atoms with E-state index in [2.05, 4.69) is 32.9 Å². The van der Waals surface area contributed by atoms with Crippen molar-refractivity contribution in [3.63, 3.8) is 0 Å². The van der Waals surface area contributed by atoms with Crippen LogP contribution >= 0.6 is 11.3 Å². The molecule has 3 aromatic heterocycles. The van der Waals surface area contributed by atoms with E-state index in [9.17, 15) is 4.79 Å². The molecule has 0 aromatic carbocycles. The summed E-state index contributed by atoms with van der Waals surface area (Å²) < 4.78 is 0. The highest BCUT2D eigenvalue weighted by molar-refractivity contribution is 7.10. The largest absolute Gasteiger partial charge is 0.348 e. The zero-order valence-electron chi connectivity index (χ0n) is 13.3. The highest BCUT2D eigenvalue weighted by atomic mass is 32.1. The fraction of sp³-hybridized carbons (Fsp3) is 0.333. The molecule has 0 saturated carbocycles. The van der Waals surface area contributed by atoms with Gasteiger partial charge in [0.15, 0.2) is 11.5 Å². The summed E-state index contributed by atoms with van der Waals surface area (Å²) in [6.07, 6.45) is 3.03. The standard InChI is InChI=1S/C15H18N6OS/c1-10-4-5-23-11(10)6-20(2)12(22)7-21(3)15-13-14(17-8-16-13)18-9-19-15/h4-5,8-9H,6-7H2,1-3H3,(H,16,17,18,19). The molecule has 120 valence electrons. The number of carbonyl (C=O) groups is 1. The van der Waals surface area contributed by atoms with E-state index in [4.69, 9.17) is 0 Å². The third kappa shape index (κ3) is 3.16. The van der Waals surface area contributed by atoms with Gasteiger partial charge in [-0.3, -0.25) is 4.79 Å². The number of anilines is 1. The molecule has 1 N–H and O–H groups in total. The van der Waals surface area contributed by atoms with Crippen LogP contribution < -0.4 is 4.90 Å². The molecule has 8 heteroatoms. The van der Waals surface area contributed by atoms with Gasteiger partial charge in [-0.1, -0.05) is 0 Å². The summed E-state index contributed by atoms with van der Waals surface area (Å²) in [6.45, 7) is 2.93. The average molecular weight is 330 g/mol. The van der Waals surface area contributed by atoms with Crippen LogP contribution in [-0.4, -0.2) is 51.4 Å². The second-order valence-corrected chi connectivity index (χ2v) is 6.43. The summed E-state index contributed by atoms with van der Waals surface area (Å²) in [6, 6.07) is 2.07. The smallest absolute Gasteiger partial charge is 0.242 e. The Hall–Kier alpha value is -2.48. The van der Waals surface area contributed by atoms with Crippen molar-refractivity contribution >= 4 is 34.2 Å². The van der Waals surface area contributed by atoms with Gasteiger partial charge in [-0.05, 0) is 23.9 Å².